The molecule has 0 atom stereocenters. The van der Waals surface area contributed by atoms with Crippen LogP contribution >= 0.6 is 0 Å². The van der Waals surface area contributed by atoms with Crippen molar-refractivity contribution >= 4 is 5.82 Å². The highest BCUT2D eigenvalue weighted by Gasteiger charge is 2.08. The second kappa shape index (κ2) is 8.23. The molecule has 0 saturated carbocycles. The molecule has 0 saturated heterocycles. The summed E-state index contributed by atoms with van der Waals surface area (Å²) in [4.78, 5) is 17.7. The first-order chi connectivity index (χ1) is 13.4. The molecule has 0 aliphatic rings. The van der Waals surface area contributed by atoms with E-state index in [0.717, 1.165) is 42.1 Å². The number of aryl methyl sites for hydroxylation is 1. The minimum Gasteiger partial charge on any atom is -0.370 e. The number of pyridine rings is 1. The van der Waals surface area contributed by atoms with Gasteiger partial charge in [0.25, 0.3) is 0 Å². The van der Waals surface area contributed by atoms with Gasteiger partial charge in [-0.3, -0.25) is 4.98 Å². The van der Waals surface area contributed by atoms with Crippen LogP contribution in [0.15, 0.2) is 79.6 Å². The summed E-state index contributed by atoms with van der Waals surface area (Å²) in [6.07, 6.45) is 10.1. The lowest BCUT2D eigenvalue weighted by atomic mass is 10.1. The fraction of sp³-hybridized carbons (Fsp3) is 0.143. The Hall–Kier alpha value is -3.54. The van der Waals surface area contributed by atoms with E-state index in [0.29, 0.717) is 5.82 Å². The first kappa shape index (κ1) is 16.9. The number of rotatable bonds is 7. The van der Waals surface area contributed by atoms with Crippen molar-refractivity contribution in [1.82, 2.24) is 24.5 Å². The summed E-state index contributed by atoms with van der Waals surface area (Å²) in [7, 11) is 0. The van der Waals surface area contributed by atoms with E-state index in [1.165, 1.54) is 0 Å². The molecular formula is C21H20N6. The first-order valence-electron chi connectivity index (χ1n) is 8.93. The predicted octanol–water partition coefficient (Wildman–Crippen LogP) is 3.90. The molecule has 4 rings (SSSR count). The fourth-order valence-corrected chi connectivity index (χ4v) is 2.82. The zero-order valence-corrected chi connectivity index (χ0v) is 14.9. The quantitative estimate of drug-likeness (QED) is 0.509. The molecule has 27 heavy (non-hydrogen) atoms. The lowest BCUT2D eigenvalue weighted by Crippen LogP contribution is -2.08. The molecule has 1 aromatic carbocycles. The number of nitrogens with one attached hydrogen (secondary N) is 1. The van der Waals surface area contributed by atoms with Gasteiger partial charge in [-0.2, -0.15) is 0 Å². The number of hydrogen-bond acceptors (Lipinski definition) is 5. The average Bonchev–Trinajstić information content (AvgIpc) is 3.26. The van der Waals surface area contributed by atoms with Crippen LogP contribution < -0.4 is 5.32 Å². The molecule has 0 unspecified atom stereocenters. The Kier molecular flexibility index (Phi) is 5.15. The maximum atomic E-state index is 4.74. The van der Waals surface area contributed by atoms with Crippen molar-refractivity contribution in [3.8, 4) is 22.6 Å². The molecule has 0 aliphatic heterocycles. The molecule has 6 heteroatoms. The third kappa shape index (κ3) is 4.36. The van der Waals surface area contributed by atoms with Gasteiger partial charge in [0.2, 0.25) is 0 Å². The van der Waals surface area contributed by atoms with Gasteiger partial charge in [-0.15, -0.1) is 0 Å². The maximum Gasteiger partial charge on any atom is 0.163 e. The van der Waals surface area contributed by atoms with Gasteiger partial charge in [0.1, 0.15) is 5.82 Å². The molecule has 1 N–H and O–H groups in total. The van der Waals surface area contributed by atoms with E-state index in [-0.39, 0.29) is 0 Å². The second-order valence-corrected chi connectivity index (χ2v) is 6.15. The van der Waals surface area contributed by atoms with Gasteiger partial charge in [-0.1, -0.05) is 30.3 Å². The smallest absolute Gasteiger partial charge is 0.163 e. The number of aromatic nitrogens is 5. The van der Waals surface area contributed by atoms with Crippen molar-refractivity contribution in [2.24, 2.45) is 0 Å². The van der Waals surface area contributed by atoms with Gasteiger partial charge < -0.3 is 9.88 Å². The molecule has 0 amide bonds. The minimum atomic E-state index is 0.668. The summed E-state index contributed by atoms with van der Waals surface area (Å²) in [6.45, 7) is 1.73. The van der Waals surface area contributed by atoms with E-state index in [2.05, 4.69) is 37.0 Å². The second-order valence-electron chi connectivity index (χ2n) is 6.15. The molecule has 3 heterocycles. The summed E-state index contributed by atoms with van der Waals surface area (Å²) < 4.78 is 2.07. The van der Waals surface area contributed by atoms with Crippen LogP contribution in [-0.4, -0.2) is 31.0 Å². The van der Waals surface area contributed by atoms with Crippen LogP contribution in [-0.2, 0) is 6.54 Å². The van der Waals surface area contributed by atoms with E-state index < -0.39 is 0 Å². The summed E-state index contributed by atoms with van der Waals surface area (Å²) in [5.41, 5.74) is 2.85. The highest BCUT2D eigenvalue weighted by molar-refractivity contribution is 5.67. The lowest BCUT2D eigenvalue weighted by molar-refractivity contribution is 0.660. The van der Waals surface area contributed by atoms with E-state index in [1.807, 2.05) is 48.9 Å². The molecule has 0 aliphatic carbocycles. The van der Waals surface area contributed by atoms with E-state index in [4.69, 9.17) is 4.98 Å². The van der Waals surface area contributed by atoms with Gasteiger partial charge in [-0.05, 0) is 18.6 Å². The van der Waals surface area contributed by atoms with Crippen LogP contribution in [0.1, 0.15) is 6.42 Å². The number of anilines is 1. The largest absolute Gasteiger partial charge is 0.370 e. The Morgan fingerprint density at radius 1 is 0.889 bits per heavy atom. The topological polar surface area (TPSA) is 68.5 Å². The number of nitrogens with zero attached hydrogens (tertiary/aromatic N) is 5. The Bertz CT molecular complexity index is 911. The molecule has 0 bridgehead atoms. The minimum absolute atomic E-state index is 0.668. The first-order valence-corrected chi connectivity index (χ1v) is 8.93. The number of benzene rings is 1. The van der Waals surface area contributed by atoms with Crippen molar-refractivity contribution in [2.75, 3.05) is 11.9 Å². The average molecular weight is 356 g/mol. The highest BCUT2D eigenvalue weighted by Crippen LogP contribution is 2.23. The summed E-state index contributed by atoms with van der Waals surface area (Å²) in [5, 5.41) is 3.42. The monoisotopic (exact) mass is 356 g/mol. The number of hydrogen-bond donors (Lipinski definition) is 1. The summed E-state index contributed by atoms with van der Waals surface area (Å²) >= 11 is 0. The highest BCUT2D eigenvalue weighted by atomic mass is 15.0. The third-order valence-electron chi connectivity index (χ3n) is 4.17. The molecule has 0 fully saturated rings. The van der Waals surface area contributed by atoms with Gasteiger partial charge in [0, 0.05) is 55.1 Å². The fourth-order valence-electron chi connectivity index (χ4n) is 2.82. The van der Waals surface area contributed by atoms with Crippen LogP contribution in [0.5, 0.6) is 0 Å². The Morgan fingerprint density at radius 2 is 1.78 bits per heavy atom. The number of imidazole rings is 1. The van der Waals surface area contributed by atoms with Crippen LogP contribution in [0, 0.1) is 0 Å². The standard InChI is InChI=1S/C21H20N6/c1-2-6-17(7-3-1)19-14-20(24-10-5-12-27-13-11-23-16-27)26-21(25-19)18-8-4-9-22-15-18/h1-4,6-9,11,13-16H,5,10,12H2,(H,24,25,26). The molecular weight excluding hydrogens is 336 g/mol. The van der Waals surface area contributed by atoms with Crippen molar-refractivity contribution in [3.05, 3.63) is 79.6 Å². The molecule has 0 spiro atoms. The van der Waals surface area contributed by atoms with Crippen LogP contribution in [0.2, 0.25) is 0 Å². The van der Waals surface area contributed by atoms with Crippen LogP contribution in [0.25, 0.3) is 22.6 Å². The van der Waals surface area contributed by atoms with E-state index in [9.17, 15) is 0 Å². The molecule has 3 aromatic heterocycles. The van der Waals surface area contributed by atoms with Gasteiger partial charge in [0.15, 0.2) is 5.82 Å². The Balaban J connectivity index is 1.56. The van der Waals surface area contributed by atoms with E-state index >= 15 is 0 Å². The molecule has 0 radical (unpaired) electrons. The predicted molar refractivity (Wildman–Crippen MR) is 106 cm³/mol. The van der Waals surface area contributed by atoms with Gasteiger partial charge in [0.05, 0.1) is 12.0 Å². The summed E-state index contributed by atoms with van der Waals surface area (Å²) in [6, 6.07) is 16.0. The zero-order valence-electron chi connectivity index (χ0n) is 14.9. The van der Waals surface area contributed by atoms with Crippen molar-refractivity contribution in [1.29, 1.82) is 0 Å². The normalized spacial score (nSPS) is 10.7. The Labute approximate surface area is 158 Å². The van der Waals surface area contributed by atoms with E-state index in [1.54, 1.807) is 18.6 Å². The van der Waals surface area contributed by atoms with Gasteiger partial charge in [-0.25, -0.2) is 15.0 Å². The van der Waals surface area contributed by atoms with Crippen molar-refractivity contribution < 1.29 is 0 Å². The van der Waals surface area contributed by atoms with Crippen LogP contribution in [0.4, 0.5) is 5.82 Å². The van der Waals surface area contributed by atoms with Crippen molar-refractivity contribution in [3.63, 3.8) is 0 Å². The van der Waals surface area contributed by atoms with Crippen LogP contribution in [0.3, 0.4) is 0 Å². The molecule has 6 nitrogen and oxygen atoms in total. The Morgan fingerprint density at radius 3 is 2.56 bits per heavy atom. The van der Waals surface area contributed by atoms with Crippen molar-refractivity contribution in [2.45, 2.75) is 13.0 Å². The molecule has 134 valence electrons. The molecule has 4 aromatic rings. The maximum absolute atomic E-state index is 4.74. The van der Waals surface area contributed by atoms with Gasteiger partial charge >= 0.3 is 0 Å². The lowest BCUT2D eigenvalue weighted by Gasteiger charge is -2.10. The zero-order chi connectivity index (χ0) is 18.3. The third-order valence-corrected chi connectivity index (χ3v) is 4.17. The summed E-state index contributed by atoms with van der Waals surface area (Å²) in [5.74, 6) is 1.48. The SMILES string of the molecule is c1ccc(-c2cc(NCCCn3ccnc3)nc(-c3cccnc3)n2)cc1.